The Morgan fingerprint density at radius 1 is 1.60 bits per heavy atom. The van der Waals surface area contributed by atoms with Gasteiger partial charge in [0.05, 0.1) is 0 Å². The second-order valence-corrected chi connectivity index (χ2v) is 5.19. The number of nitrogens with zero attached hydrogens (tertiary/aromatic N) is 1. The van der Waals surface area contributed by atoms with Gasteiger partial charge in [-0.25, -0.2) is 4.79 Å². The Kier molecular flexibility index (Phi) is 3.60. The van der Waals surface area contributed by atoms with Gasteiger partial charge in [0.25, 0.3) is 0 Å². The summed E-state index contributed by atoms with van der Waals surface area (Å²) in [6.07, 6.45) is 0.934. The Labute approximate surface area is 92.2 Å². The molecule has 0 aliphatic carbocycles. The molecule has 0 aromatic rings. The van der Waals surface area contributed by atoms with E-state index in [0.717, 1.165) is 19.5 Å². The lowest BCUT2D eigenvalue weighted by Gasteiger charge is -2.42. The van der Waals surface area contributed by atoms with E-state index in [1.54, 1.807) is 0 Å². The molecule has 4 nitrogen and oxygen atoms in total. The van der Waals surface area contributed by atoms with Crippen LogP contribution in [-0.4, -0.2) is 35.6 Å². The molecule has 0 spiro atoms. The molecular weight excluding hydrogens is 190 g/mol. The summed E-state index contributed by atoms with van der Waals surface area (Å²) in [4.78, 5) is 13.6. The Morgan fingerprint density at radius 3 is 2.53 bits per heavy atom. The monoisotopic (exact) mass is 213 g/mol. The zero-order valence-electron chi connectivity index (χ0n) is 10.2. The van der Waals surface area contributed by atoms with Crippen LogP contribution in [0.4, 0.5) is 4.79 Å². The van der Waals surface area contributed by atoms with Crippen LogP contribution in [0.5, 0.6) is 0 Å². The lowest BCUT2D eigenvalue weighted by atomic mass is 9.93. The van der Waals surface area contributed by atoms with Crippen molar-refractivity contribution in [1.82, 2.24) is 10.2 Å². The van der Waals surface area contributed by atoms with E-state index in [2.05, 4.69) is 12.2 Å². The number of hydrogen-bond donors (Lipinski definition) is 2. The minimum atomic E-state index is -0.115. The summed E-state index contributed by atoms with van der Waals surface area (Å²) in [7, 11) is 0. The zero-order chi connectivity index (χ0) is 11.6. The summed E-state index contributed by atoms with van der Waals surface area (Å²) >= 11 is 0. The molecule has 4 heteroatoms. The minimum absolute atomic E-state index is 0.0405. The molecule has 0 aromatic carbocycles. The van der Waals surface area contributed by atoms with Crippen molar-refractivity contribution in [3.05, 3.63) is 0 Å². The summed E-state index contributed by atoms with van der Waals surface area (Å²) in [6.45, 7) is 9.73. The largest absolute Gasteiger partial charge is 0.333 e. The highest BCUT2D eigenvalue weighted by atomic mass is 16.2. The van der Waals surface area contributed by atoms with Gasteiger partial charge in [0.15, 0.2) is 0 Å². The quantitative estimate of drug-likeness (QED) is 0.739. The number of hydrogen-bond acceptors (Lipinski definition) is 2. The van der Waals surface area contributed by atoms with E-state index in [0.29, 0.717) is 5.92 Å². The summed E-state index contributed by atoms with van der Waals surface area (Å²) in [5, 5.41) is 3.01. The SMILES string of the molecule is CCC(C)(C)NC(=O)N1CC(C(C)N)C1. The first-order chi connectivity index (χ1) is 6.85. The van der Waals surface area contributed by atoms with Crippen molar-refractivity contribution in [2.45, 2.75) is 45.7 Å². The smallest absolute Gasteiger partial charge is 0.317 e. The van der Waals surface area contributed by atoms with Gasteiger partial charge < -0.3 is 16.0 Å². The van der Waals surface area contributed by atoms with Crippen molar-refractivity contribution >= 4 is 6.03 Å². The standard InChI is InChI=1S/C11H23N3O/c1-5-11(3,4)13-10(15)14-6-9(7-14)8(2)12/h8-9H,5-7,12H2,1-4H3,(H,13,15). The highest BCUT2D eigenvalue weighted by Gasteiger charge is 2.34. The van der Waals surface area contributed by atoms with E-state index < -0.39 is 0 Å². The van der Waals surface area contributed by atoms with Crippen LogP contribution in [0.1, 0.15) is 34.1 Å². The van der Waals surface area contributed by atoms with E-state index in [9.17, 15) is 4.79 Å². The first-order valence-electron chi connectivity index (χ1n) is 5.68. The topological polar surface area (TPSA) is 58.4 Å². The number of rotatable bonds is 3. The van der Waals surface area contributed by atoms with Crippen molar-refractivity contribution < 1.29 is 4.79 Å². The Balaban J connectivity index is 2.33. The normalized spacial score (nSPS) is 19.7. The van der Waals surface area contributed by atoms with Crippen molar-refractivity contribution in [2.24, 2.45) is 11.7 Å². The molecule has 1 aliphatic heterocycles. The van der Waals surface area contributed by atoms with Crippen LogP contribution >= 0.6 is 0 Å². The fraction of sp³-hybridized carbons (Fsp3) is 0.909. The highest BCUT2D eigenvalue weighted by molar-refractivity contribution is 5.75. The van der Waals surface area contributed by atoms with Crippen LogP contribution in [0, 0.1) is 5.92 Å². The van der Waals surface area contributed by atoms with Crippen molar-refractivity contribution in [2.75, 3.05) is 13.1 Å². The summed E-state index contributed by atoms with van der Waals surface area (Å²) in [6, 6.07) is 0.229. The predicted octanol–water partition coefficient (Wildman–Crippen LogP) is 1.16. The molecule has 3 N–H and O–H groups in total. The van der Waals surface area contributed by atoms with Crippen molar-refractivity contribution in [1.29, 1.82) is 0 Å². The van der Waals surface area contributed by atoms with E-state index in [1.807, 2.05) is 25.7 Å². The van der Waals surface area contributed by atoms with Gasteiger partial charge in [-0.05, 0) is 27.2 Å². The molecule has 1 saturated heterocycles. The zero-order valence-corrected chi connectivity index (χ0v) is 10.2. The van der Waals surface area contributed by atoms with Crippen molar-refractivity contribution in [3.63, 3.8) is 0 Å². The van der Waals surface area contributed by atoms with Crippen LogP contribution in [0.3, 0.4) is 0 Å². The third kappa shape index (κ3) is 3.09. The third-order valence-corrected chi connectivity index (χ3v) is 3.27. The minimum Gasteiger partial charge on any atom is -0.333 e. The third-order valence-electron chi connectivity index (χ3n) is 3.27. The molecule has 1 rings (SSSR count). The summed E-state index contributed by atoms with van der Waals surface area (Å²) in [5.41, 5.74) is 5.64. The molecule has 1 aliphatic rings. The highest BCUT2D eigenvalue weighted by Crippen LogP contribution is 2.19. The Hall–Kier alpha value is -0.770. The molecule has 1 atom stereocenters. The lowest BCUT2D eigenvalue weighted by molar-refractivity contribution is 0.103. The number of nitrogens with two attached hydrogens (primary N) is 1. The summed E-state index contributed by atoms with van der Waals surface area (Å²) < 4.78 is 0. The van der Waals surface area contributed by atoms with Gasteiger partial charge in [0, 0.05) is 30.6 Å². The molecule has 0 saturated carbocycles. The second kappa shape index (κ2) is 4.39. The molecule has 1 heterocycles. The fourth-order valence-electron chi connectivity index (χ4n) is 1.47. The van der Waals surface area contributed by atoms with Crippen LogP contribution in [0.15, 0.2) is 0 Å². The maximum atomic E-state index is 11.7. The first kappa shape index (κ1) is 12.3. The van der Waals surface area contributed by atoms with Gasteiger partial charge in [-0.3, -0.25) is 0 Å². The van der Waals surface area contributed by atoms with E-state index in [4.69, 9.17) is 5.73 Å². The maximum absolute atomic E-state index is 11.7. The number of amides is 2. The van der Waals surface area contributed by atoms with Crippen LogP contribution in [-0.2, 0) is 0 Å². The number of likely N-dealkylation sites (tertiary alicyclic amines) is 1. The van der Waals surface area contributed by atoms with Gasteiger partial charge in [-0.1, -0.05) is 6.92 Å². The van der Waals surface area contributed by atoms with Gasteiger partial charge in [-0.2, -0.15) is 0 Å². The Bertz CT molecular complexity index is 232. The van der Waals surface area contributed by atoms with Gasteiger partial charge in [0.2, 0.25) is 0 Å². The predicted molar refractivity (Wildman–Crippen MR) is 61.6 cm³/mol. The maximum Gasteiger partial charge on any atom is 0.317 e. The molecule has 1 unspecified atom stereocenters. The van der Waals surface area contributed by atoms with Crippen LogP contribution in [0.25, 0.3) is 0 Å². The fourth-order valence-corrected chi connectivity index (χ4v) is 1.47. The van der Waals surface area contributed by atoms with Gasteiger partial charge >= 0.3 is 6.03 Å². The average molecular weight is 213 g/mol. The molecule has 1 fully saturated rings. The number of carbonyl (C=O) groups excluding carboxylic acids is 1. The van der Waals surface area contributed by atoms with Crippen LogP contribution < -0.4 is 11.1 Å². The Morgan fingerprint density at radius 2 is 2.13 bits per heavy atom. The van der Waals surface area contributed by atoms with Crippen LogP contribution in [0.2, 0.25) is 0 Å². The molecule has 0 bridgehead atoms. The van der Waals surface area contributed by atoms with E-state index in [-0.39, 0.29) is 17.6 Å². The molecule has 0 radical (unpaired) electrons. The number of carbonyl (C=O) groups is 1. The lowest BCUT2D eigenvalue weighted by Crippen LogP contribution is -2.60. The van der Waals surface area contributed by atoms with Gasteiger partial charge in [0.1, 0.15) is 0 Å². The summed E-state index contributed by atoms with van der Waals surface area (Å²) in [5.74, 6) is 0.473. The van der Waals surface area contributed by atoms with E-state index in [1.165, 1.54) is 0 Å². The molecular formula is C11H23N3O. The van der Waals surface area contributed by atoms with Gasteiger partial charge in [-0.15, -0.1) is 0 Å². The molecule has 88 valence electrons. The second-order valence-electron chi connectivity index (χ2n) is 5.19. The molecule has 2 amide bonds. The van der Waals surface area contributed by atoms with E-state index >= 15 is 0 Å². The average Bonchev–Trinajstić information content (AvgIpc) is 1.99. The molecule has 0 aromatic heterocycles. The number of urea groups is 1. The van der Waals surface area contributed by atoms with Crippen molar-refractivity contribution in [3.8, 4) is 0 Å². The molecule has 15 heavy (non-hydrogen) atoms. The number of nitrogens with one attached hydrogen (secondary N) is 1. The first-order valence-corrected chi connectivity index (χ1v) is 5.68.